The van der Waals surface area contributed by atoms with Crippen LogP contribution in [0.2, 0.25) is 0 Å². The second-order valence-electron chi connectivity index (χ2n) is 4.25. The van der Waals surface area contributed by atoms with Gasteiger partial charge in [-0.1, -0.05) is 0 Å². The molecule has 1 heterocycles. The van der Waals surface area contributed by atoms with Crippen molar-refractivity contribution in [1.82, 2.24) is 4.90 Å². The van der Waals surface area contributed by atoms with E-state index >= 15 is 0 Å². The van der Waals surface area contributed by atoms with Gasteiger partial charge in [0.25, 0.3) is 0 Å². The summed E-state index contributed by atoms with van der Waals surface area (Å²) in [5.74, 6) is 0. The molecule has 18 heavy (non-hydrogen) atoms. The van der Waals surface area contributed by atoms with Crippen molar-refractivity contribution in [2.75, 3.05) is 25.0 Å². The van der Waals surface area contributed by atoms with Crippen LogP contribution < -0.4 is 5.32 Å². The van der Waals surface area contributed by atoms with E-state index in [1.165, 1.54) is 0 Å². The molecule has 1 aliphatic heterocycles. The highest BCUT2D eigenvalue weighted by molar-refractivity contribution is 5.89. The maximum Gasteiger partial charge on any atom is 0.322 e. The minimum atomic E-state index is -0.130. The van der Waals surface area contributed by atoms with Crippen molar-refractivity contribution in [3.8, 4) is 6.07 Å². The summed E-state index contributed by atoms with van der Waals surface area (Å²) in [5.41, 5.74) is 1.27. The molecular formula is C13H15N3O2. The number of carbonyl (C=O) groups is 1. The Hall–Kier alpha value is -2.06. The molecule has 0 bridgehead atoms. The number of ether oxygens (including phenoxy) is 1. The van der Waals surface area contributed by atoms with E-state index in [0.29, 0.717) is 30.9 Å². The van der Waals surface area contributed by atoms with Gasteiger partial charge in [-0.15, -0.1) is 0 Å². The molecule has 2 amide bonds. The Morgan fingerprint density at radius 3 is 2.83 bits per heavy atom. The van der Waals surface area contributed by atoms with Gasteiger partial charge in [0.1, 0.15) is 0 Å². The fourth-order valence-electron chi connectivity index (χ4n) is 1.83. The van der Waals surface area contributed by atoms with Gasteiger partial charge >= 0.3 is 6.03 Å². The van der Waals surface area contributed by atoms with E-state index in [1.54, 1.807) is 29.2 Å². The number of nitrogens with one attached hydrogen (secondary N) is 1. The topological polar surface area (TPSA) is 65.4 Å². The Morgan fingerprint density at radius 1 is 1.50 bits per heavy atom. The van der Waals surface area contributed by atoms with Gasteiger partial charge in [-0.25, -0.2) is 4.79 Å². The number of nitrogens with zero attached hydrogens (tertiary/aromatic N) is 2. The third-order valence-electron chi connectivity index (χ3n) is 2.79. The third kappa shape index (κ3) is 2.99. The molecule has 0 aliphatic carbocycles. The van der Waals surface area contributed by atoms with Crippen LogP contribution in [0.15, 0.2) is 24.3 Å². The zero-order valence-electron chi connectivity index (χ0n) is 10.2. The van der Waals surface area contributed by atoms with E-state index in [4.69, 9.17) is 10.00 Å². The highest BCUT2D eigenvalue weighted by Crippen LogP contribution is 2.11. The van der Waals surface area contributed by atoms with Crippen molar-refractivity contribution in [1.29, 1.82) is 5.26 Å². The van der Waals surface area contributed by atoms with Crippen molar-refractivity contribution >= 4 is 11.7 Å². The second kappa shape index (κ2) is 5.52. The first-order chi connectivity index (χ1) is 8.69. The number of carbonyl (C=O) groups excluding carboxylic acids is 1. The number of anilines is 1. The number of benzene rings is 1. The number of hydrogen-bond donors (Lipinski definition) is 1. The molecule has 0 aromatic heterocycles. The first-order valence-electron chi connectivity index (χ1n) is 5.87. The molecule has 0 saturated carbocycles. The largest absolute Gasteiger partial charge is 0.375 e. The molecule has 1 fully saturated rings. The van der Waals surface area contributed by atoms with Crippen molar-refractivity contribution in [3.63, 3.8) is 0 Å². The van der Waals surface area contributed by atoms with Crippen LogP contribution in [-0.2, 0) is 4.74 Å². The molecule has 0 unspecified atom stereocenters. The van der Waals surface area contributed by atoms with Crippen LogP contribution in [-0.4, -0.2) is 36.7 Å². The molecule has 1 N–H and O–H groups in total. The van der Waals surface area contributed by atoms with Gasteiger partial charge in [-0.05, 0) is 31.2 Å². The zero-order valence-corrected chi connectivity index (χ0v) is 10.2. The first kappa shape index (κ1) is 12.4. The Balaban J connectivity index is 1.96. The normalized spacial score (nSPS) is 19.1. The Morgan fingerprint density at radius 2 is 2.22 bits per heavy atom. The molecule has 5 heteroatoms. The summed E-state index contributed by atoms with van der Waals surface area (Å²) in [6.07, 6.45) is 0.0745. The van der Waals surface area contributed by atoms with Crippen LogP contribution in [0, 0.1) is 11.3 Å². The highest BCUT2D eigenvalue weighted by atomic mass is 16.5. The van der Waals surface area contributed by atoms with Gasteiger partial charge in [0.2, 0.25) is 0 Å². The molecule has 1 aliphatic rings. The van der Waals surface area contributed by atoms with Gasteiger partial charge < -0.3 is 15.0 Å². The number of rotatable bonds is 1. The van der Waals surface area contributed by atoms with Gasteiger partial charge in [-0.3, -0.25) is 0 Å². The number of amides is 2. The summed E-state index contributed by atoms with van der Waals surface area (Å²) in [4.78, 5) is 13.7. The van der Waals surface area contributed by atoms with E-state index in [0.717, 1.165) is 0 Å². The molecule has 1 aromatic carbocycles. The number of nitriles is 1. The quantitative estimate of drug-likeness (QED) is 0.820. The summed E-state index contributed by atoms with van der Waals surface area (Å²) in [5, 5.41) is 11.5. The van der Waals surface area contributed by atoms with Crippen LogP contribution >= 0.6 is 0 Å². The standard InChI is InChI=1S/C13H15N3O2/c1-10-9-16(6-7-18-10)13(17)15-12-4-2-11(8-14)3-5-12/h2-5,10H,6-7,9H2,1H3,(H,15,17)/t10-/m0/s1. The fraction of sp³-hybridized carbons (Fsp3) is 0.385. The fourth-order valence-corrected chi connectivity index (χ4v) is 1.83. The van der Waals surface area contributed by atoms with Crippen LogP contribution in [0.1, 0.15) is 12.5 Å². The Bertz CT molecular complexity index is 464. The lowest BCUT2D eigenvalue weighted by Gasteiger charge is -2.31. The average Bonchev–Trinajstić information content (AvgIpc) is 2.39. The molecule has 94 valence electrons. The third-order valence-corrected chi connectivity index (χ3v) is 2.79. The van der Waals surface area contributed by atoms with Crippen molar-refractivity contribution < 1.29 is 9.53 Å². The average molecular weight is 245 g/mol. The molecule has 0 spiro atoms. The minimum absolute atomic E-state index is 0.0745. The molecule has 1 atom stereocenters. The molecule has 1 saturated heterocycles. The first-order valence-corrected chi connectivity index (χ1v) is 5.87. The summed E-state index contributed by atoms with van der Waals surface area (Å²) in [6.45, 7) is 3.72. The lowest BCUT2D eigenvalue weighted by atomic mass is 10.2. The van der Waals surface area contributed by atoms with Gasteiger partial charge in [-0.2, -0.15) is 5.26 Å². The molecule has 2 rings (SSSR count). The van der Waals surface area contributed by atoms with Gasteiger partial charge in [0.15, 0.2) is 0 Å². The maximum absolute atomic E-state index is 12.0. The number of urea groups is 1. The molecule has 0 radical (unpaired) electrons. The van der Waals surface area contributed by atoms with Crippen molar-refractivity contribution in [3.05, 3.63) is 29.8 Å². The lowest BCUT2D eigenvalue weighted by molar-refractivity contribution is -0.00138. The highest BCUT2D eigenvalue weighted by Gasteiger charge is 2.21. The van der Waals surface area contributed by atoms with E-state index in [1.807, 2.05) is 13.0 Å². The lowest BCUT2D eigenvalue weighted by Crippen LogP contribution is -2.46. The maximum atomic E-state index is 12.0. The van der Waals surface area contributed by atoms with Crippen LogP contribution in [0.4, 0.5) is 10.5 Å². The molecular weight excluding hydrogens is 230 g/mol. The van der Waals surface area contributed by atoms with Gasteiger partial charge in [0.05, 0.1) is 24.3 Å². The van der Waals surface area contributed by atoms with Crippen LogP contribution in [0.25, 0.3) is 0 Å². The Labute approximate surface area is 106 Å². The van der Waals surface area contributed by atoms with E-state index in [9.17, 15) is 4.79 Å². The minimum Gasteiger partial charge on any atom is -0.375 e. The monoisotopic (exact) mass is 245 g/mol. The summed E-state index contributed by atoms with van der Waals surface area (Å²) in [6, 6.07) is 8.71. The SMILES string of the molecule is C[C@H]1CN(C(=O)Nc2ccc(C#N)cc2)CCO1. The second-order valence-corrected chi connectivity index (χ2v) is 4.25. The predicted molar refractivity (Wildman–Crippen MR) is 67.2 cm³/mol. The van der Waals surface area contributed by atoms with E-state index < -0.39 is 0 Å². The van der Waals surface area contributed by atoms with E-state index in [-0.39, 0.29) is 12.1 Å². The number of morpholine rings is 1. The van der Waals surface area contributed by atoms with Gasteiger partial charge in [0, 0.05) is 18.8 Å². The molecule has 5 nitrogen and oxygen atoms in total. The zero-order chi connectivity index (χ0) is 13.0. The van der Waals surface area contributed by atoms with E-state index in [2.05, 4.69) is 5.32 Å². The summed E-state index contributed by atoms with van der Waals surface area (Å²) >= 11 is 0. The number of hydrogen-bond acceptors (Lipinski definition) is 3. The van der Waals surface area contributed by atoms with Crippen molar-refractivity contribution in [2.45, 2.75) is 13.0 Å². The van der Waals surface area contributed by atoms with Crippen LogP contribution in [0.5, 0.6) is 0 Å². The molecule has 1 aromatic rings. The predicted octanol–water partition coefficient (Wildman–Crippen LogP) is 1.81. The summed E-state index contributed by atoms with van der Waals surface area (Å²) < 4.78 is 5.38. The van der Waals surface area contributed by atoms with Crippen LogP contribution in [0.3, 0.4) is 0 Å². The summed E-state index contributed by atoms with van der Waals surface area (Å²) in [7, 11) is 0. The smallest absolute Gasteiger partial charge is 0.322 e. The Kier molecular flexibility index (Phi) is 3.80. The van der Waals surface area contributed by atoms with Crippen molar-refractivity contribution in [2.24, 2.45) is 0 Å².